The van der Waals surface area contributed by atoms with Crippen molar-refractivity contribution in [3.63, 3.8) is 0 Å². The molecule has 5 heteroatoms. The molecule has 0 aromatic rings. The van der Waals surface area contributed by atoms with Crippen molar-refractivity contribution in [2.24, 2.45) is 5.92 Å². The fraction of sp³-hybridized carbons (Fsp3) is 0.909. The van der Waals surface area contributed by atoms with Crippen molar-refractivity contribution < 1.29 is 14.6 Å². The molecule has 0 spiro atoms. The topological polar surface area (TPSA) is 70.6 Å². The summed E-state index contributed by atoms with van der Waals surface area (Å²) in [7, 11) is 0. The average molecular weight is 230 g/mol. The van der Waals surface area contributed by atoms with Crippen LogP contribution in [0.2, 0.25) is 0 Å². The van der Waals surface area contributed by atoms with Gasteiger partial charge in [-0.3, -0.25) is 4.79 Å². The zero-order chi connectivity index (χ0) is 12.0. The van der Waals surface area contributed by atoms with E-state index < -0.39 is 0 Å². The molecular formula is C11H22N2O3. The van der Waals surface area contributed by atoms with E-state index in [1.807, 2.05) is 13.8 Å². The van der Waals surface area contributed by atoms with Gasteiger partial charge in [-0.15, -0.1) is 0 Å². The molecule has 94 valence electrons. The van der Waals surface area contributed by atoms with Gasteiger partial charge in [-0.2, -0.15) is 0 Å². The molecule has 0 aromatic heterocycles. The summed E-state index contributed by atoms with van der Waals surface area (Å²) in [6.07, 6.45) is 0.406. The first-order valence-electron chi connectivity index (χ1n) is 5.84. The number of nitrogens with one attached hydrogen (secondary N) is 2. The van der Waals surface area contributed by atoms with Crippen LogP contribution < -0.4 is 10.6 Å². The average Bonchev–Trinajstić information content (AvgIpc) is 2.27. The number of morpholine rings is 1. The van der Waals surface area contributed by atoms with Crippen LogP contribution in [0.4, 0.5) is 0 Å². The highest BCUT2D eigenvalue weighted by molar-refractivity contribution is 5.77. The number of amides is 1. The minimum absolute atomic E-state index is 0.0159. The Hall–Kier alpha value is -0.650. The number of aliphatic hydroxyl groups excluding tert-OH is 1. The molecule has 1 aliphatic heterocycles. The number of aliphatic hydroxyl groups is 1. The zero-order valence-electron chi connectivity index (χ0n) is 10.0. The summed E-state index contributed by atoms with van der Waals surface area (Å²) < 4.78 is 5.27. The van der Waals surface area contributed by atoms with Gasteiger partial charge in [0.05, 0.1) is 25.9 Å². The summed E-state index contributed by atoms with van der Waals surface area (Å²) in [5.41, 5.74) is 0. The van der Waals surface area contributed by atoms with Crippen molar-refractivity contribution in [2.75, 3.05) is 26.4 Å². The van der Waals surface area contributed by atoms with Crippen LogP contribution in [0.25, 0.3) is 0 Å². The molecule has 16 heavy (non-hydrogen) atoms. The number of hydrogen-bond acceptors (Lipinski definition) is 4. The van der Waals surface area contributed by atoms with Crippen molar-refractivity contribution >= 4 is 5.91 Å². The summed E-state index contributed by atoms with van der Waals surface area (Å²) >= 11 is 0. The van der Waals surface area contributed by atoms with Gasteiger partial charge in [0.2, 0.25) is 5.91 Å². The van der Waals surface area contributed by atoms with E-state index in [2.05, 4.69) is 10.6 Å². The smallest absolute Gasteiger partial charge is 0.221 e. The van der Waals surface area contributed by atoms with Gasteiger partial charge in [-0.05, 0) is 5.92 Å². The van der Waals surface area contributed by atoms with Crippen molar-refractivity contribution in [1.29, 1.82) is 0 Å². The lowest BCUT2D eigenvalue weighted by Crippen LogP contribution is -2.47. The van der Waals surface area contributed by atoms with Gasteiger partial charge < -0.3 is 20.5 Å². The third kappa shape index (κ3) is 4.47. The third-order valence-electron chi connectivity index (χ3n) is 2.78. The molecular weight excluding hydrogens is 208 g/mol. The highest BCUT2D eigenvalue weighted by atomic mass is 16.5. The van der Waals surface area contributed by atoms with E-state index in [9.17, 15) is 4.79 Å². The van der Waals surface area contributed by atoms with Gasteiger partial charge in [0.15, 0.2) is 0 Å². The number of hydrogen-bond donors (Lipinski definition) is 3. The molecule has 1 aliphatic rings. The first kappa shape index (κ1) is 13.4. The van der Waals surface area contributed by atoms with Crippen molar-refractivity contribution in [2.45, 2.75) is 32.4 Å². The molecule has 1 fully saturated rings. The molecule has 5 nitrogen and oxygen atoms in total. The van der Waals surface area contributed by atoms with Gasteiger partial charge in [0.1, 0.15) is 0 Å². The van der Waals surface area contributed by atoms with Crippen LogP contribution in [0.1, 0.15) is 20.3 Å². The van der Waals surface area contributed by atoms with Gasteiger partial charge >= 0.3 is 0 Å². The van der Waals surface area contributed by atoms with Crippen LogP contribution in [0.15, 0.2) is 0 Å². The van der Waals surface area contributed by atoms with Crippen LogP contribution in [-0.4, -0.2) is 49.5 Å². The minimum atomic E-state index is -0.156. The lowest BCUT2D eigenvalue weighted by Gasteiger charge is -2.25. The molecule has 2 atom stereocenters. The summed E-state index contributed by atoms with van der Waals surface area (Å²) in [6, 6.07) is -0.0581. The molecule has 0 bridgehead atoms. The van der Waals surface area contributed by atoms with Gasteiger partial charge in [-0.1, -0.05) is 13.8 Å². The first-order valence-corrected chi connectivity index (χ1v) is 5.84. The normalized spacial score (nSPS) is 23.1. The first-order chi connectivity index (χ1) is 7.63. The molecule has 1 amide bonds. The Morgan fingerprint density at radius 3 is 2.88 bits per heavy atom. The van der Waals surface area contributed by atoms with Crippen LogP contribution >= 0.6 is 0 Å². The van der Waals surface area contributed by atoms with E-state index >= 15 is 0 Å². The number of rotatable bonds is 5. The van der Waals surface area contributed by atoms with Crippen LogP contribution in [0.5, 0.6) is 0 Å². The van der Waals surface area contributed by atoms with Crippen molar-refractivity contribution in [3.8, 4) is 0 Å². The maximum atomic E-state index is 11.7. The minimum Gasteiger partial charge on any atom is -0.394 e. The SMILES string of the molecule is CC(C)[C@@H](CO)NC(=O)CC1COCCN1. The quantitative estimate of drug-likeness (QED) is 0.595. The summed E-state index contributed by atoms with van der Waals surface area (Å²) in [5.74, 6) is 0.209. The highest BCUT2D eigenvalue weighted by Crippen LogP contribution is 2.03. The van der Waals surface area contributed by atoms with Crippen molar-refractivity contribution in [1.82, 2.24) is 10.6 Å². The van der Waals surface area contributed by atoms with Gasteiger partial charge in [0.25, 0.3) is 0 Å². The van der Waals surface area contributed by atoms with Crippen LogP contribution in [0.3, 0.4) is 0 Å². The maximum absolute atomic E-state index is 11.7. The van der Waals surface area contributed by atoms with E-state index in [4.69, 9.17) is 9.84 Å². The molecule has 0 saturated carbocycles. The van der Waals surface area contributed by atoms with Gasteiger partial charge in [-0.25, -0.2) is 0 Å². The Labute approximate surface area is 96.6 Å². The second kappa shape index (κ2) is 6.83. The van der Waals surface area contributed by atoms with Crippen molar-refractivity contribution in [3.05, 3.63) is 0 Å². The molecule has 1 heterocycles. The molecule has 1 rings (SSSR count). The van der Waals surface area contributed by atoms with E-state index in [1.54, 1.807) is 0 Å². The van der Waals surface area contributed by atoms with E-state index in [1.165, 1.54) is 0 Å². The largest absolute Gasteiger partial charge is 0.394 e. The van der Waals surface area contributed by atoms with Crippen LogP contribution in [0, 0.1) is 5.92 Å². The second-order valence-corrected chi connectivity index (χ2v) is 4.53. The van der Waals surface area contributed by atoms with E-state index in [0.717, 1.165) is 6.54 Å². The predicted octanol–water partition coefficient (Wildman–Crippen LogP) is -0.502. The predicted molar refractivity (Wildman–Crippen MR) is 61.1 cm³/mol. The molecule has 3 N–H and O–H groups in total. The number of carbonyl (C=O) groups excluding carboxylic acids is 1. The third-order valence-corrected chi connectivity index (χ3v) is 2.78. The Morgan fingerprint density at radius 1 is 1.62 bits per heavy atom. The molecule has 0 aliphatic carbocycles. The fourth-order valence-corrected chi connectivity index (χ4v) is 1.66. The van der Waals surface area contributed by atoms with E-state index in [-0.39, 0.29) is 30.5 Å². The highest BCUT2D eigenvalue weighted by Gasteiger charge is 2.20. The zero-order valence-corrected chi connectivity index (χ0v) is 10.0. The second-order valence-electron chi connectivity index (χ2n) is 4.53. The Balaban J connectivity index is 2.28. The monoisotopic (exact) mass is 230 g/mol. The Bertz CT molecular complexity index is 215. The summed E-state index contributed by atoms with van der Waals surface area (Å²) in [6.45, 7) is 6.03. The van der Waals surface area contributed by atoms with Gasteiger partial charge in [0, 0.05) is 19.0 Å². The molecule has 0 radical (unpaired) electrons. The van der Waals surface area contributed by atoms with E-state index in [0.29, 0.717) is 19.6 Å². The number of ether oxygens (including phenoxy) is 1. The standard InChI is InChI=1S/C11H22N2O3/c1-8(2)10(6-14)13-11(15)5-9-7-16-4-3-12-9/h8-10,12,14H,3-7H2,1-2H3,(H,13,15)/t9?,10-/m1/s1. The lowest BCUT2D eigenvalue weighted by molar-refractivity contribution is -0.123. The number of carbonyl (C=O) groups is 1. The molecule has 1 unspecified atom stereocenters. The Kier molecular flexibility index (Phi) is 5.73. The lowest BCUT2D eigenvalue weighted by atomic mass is 10.0. The summed E-state index contributed by atoms with van der Waals surface area (Å²) in [5, 5.41) is 15.1. The molecule has 0 aromatic carbocycles. The van der Waals surface area contributed by atoms with Crippen LogP contribution in [-0.2, 0) is 9.53 Å². The molecule has 1 saturated heterocycles. The fourth-order valence-electron chi connectivity index (χ4n) is 1.66. The Morgan fingerprint density at radius 2 is 2.38 bits per heavy atom. The maximum Gasteiger partial charge on any atom is 0.221 e. The summed E-state index contributed by atoms with van der Waals surface area (Å²) in [4.78, 5) is 11.7.